The van der Waals surface area contributed by atoms with Crippen molar-refractivity contribution < 1.29 is 9.53 Å². The molecule has 9 heteroatoms. The van der Waals surface area contributed by atoms with Gasteiger partial charge in [0.05, 0.1) is 24.1 Å². The number of anilines is 1. The van der Waals surface area contributed by atoms with Gasteiger partial charge >= 0.3 is 0 Å². The number of rotatable bonds is 6. The van der Waals surface area contributed by atoms with E-state index >= 15 is 0 Å². The van der Waals surface area contributed by atoms with Gasteiger partial charge in [0, 0.05) is 11.1 Å². The van der Waals surface area contributed by atoms with Crippen LogP contribution in [0.1, 0.15) is 12.8 Å². The van der Waals surface area contributed by atoms with E-state index in [1.165, 1.54) is 11.8 Å². The number of aromatic nitrogens is 4. The van der Waals surface area contributed by atoms with Crippen LogP contribution in [-0.2, 0) is 16.1 Å². The standard InChI is InChI=1S/C14H16BrN5O2S/c15-11-5-1-2-6-12(11)16-13(21)9-23-14-17-18-19-20(14)8-10-4-3-7-22-10/h1-2,5-6,10H,3-4,7-9H2,(H,16,21). The second-order valence-electron chi connectivity index (χ2n) is 5.10. The van der Waals surface area contributed by atoms with Crippen LogP contribution in [0.15, 0.2) is 33.9 Å². The lowest BCUT2D eigenvalue weighted by Gasteiger charge is -2.10. The molecule has 2 heterocycles. The van der Waals surface area contributed by atoms with Crippen LogP contribution in [0.5, 0.6) is 0 Å². The summed E-state index contributed by atoms with van der Waals surface area (Å²) in [5.41, 5.74) is 0.747. The summed E-state index contributed by atoms with van der Waals surface area (Å²) in [4.78, 5) is 12.1. The lowest BCUT2D eigenvalue weighted by molar-refractivity contribution is -0.113. The Bertz CT molecular complexity index is 675. The number of amides is 1. The zero-order valence-electron chi connectivity index (χ0n) is 12.3. The van der Waals surface area contributed by atoms with Crippen molar-refractivity contribution in [2.24, 2.45) is 0 Å². The molecule has 1 atom stereocenters. The molecule has 0 spiro atoms. The van der Waals surface area contributed by atoms with E-state index in [-0.39, 0.29) is 17.8 Å². The quantitative estimate of drug-likeness (QED) is 0.753. The van der Waals surface area contributed by atoms with Gasteiger partial charge in [-0.15, -0.1) is 5.10 Å². The number of nitrogens with zero attached hydrogens (tertiary/aromatic N) is 4. The molecule has 0 radical (unpaired) electrons. The second kappa shape index (κ2) is 7.89. The molecule has 1 unspecified atom stereocenters. The highest BCUT2D eigenvalue weighted by Crippen LogP contribution is 2.22. The zero-order valence-corrected chi connectivity index (χ0v) is 14.7. The molecule has 122 valence electrons. The fourth-order valence-corrected chi connectivity index (χ4v) is 3.35. The lowest BCUT2D eigenvalue weighted by atomic mass is 10.2. The number of thioether (sulfide) groups is 1. The SMILES string of the molecule is O=C(CSc1nnnn1CC1CCCO1)Nc1ccccc1Br. The Morgan fingerprint density at radius 1 is 1.48 bits per heavy atom. The van der Waals surface area contributed by atoms with Gasteiger partial charge in [-0.25, -0.2) is 4.68 Å². The van der Waals surface area contributed by atoms with Crippen LogP contribution in [-0.4, -0.2) is 44.6 Å². The molecule has 7 nitrogen and oxygen atoms in total. The Morgan fingerprint density at radius 3 is 3.13 bits per heavy atom. The molecule has 1 aliphatic rings. The van der Waals surface area contributed by atoms with E-state index in [0.717, 1.165) is 29.6 Å². The molecule has 1 aliphatic heterocycles. The highest BCUT2D eigenvalue weighted by Gasteiger charge is 2.19. The van der Waals surface area contributed by atoms with Crippen LogP contribution in [0, 0.1) is 0 Å². The van der Waals surface area contributed by atoms with Gasteiger partial charge in [-0.3, -0.25) is 4.79 Å². The molecule has 2 aromatic rings. The average molecular weight is 398 g/mol. The van der Waals surface area contributed by atoms with Crippen LogP contribution < -0.4 is 5.32 Å². The third kappa shape index (κ3) is 4.52. The predicted octanol–water partition coefficient (Wildman–Crippen LogP) is 2.35. The fraction of sp³-hybridized carbons (Fsp3) is 0.429. The highest BCUT2D eigenvalue weighted by molar-refractivity contribution is 9.10. The summed E-state index contributed by atoms with van der Waals surface area (Å²) in [6, 6.07) is 7.49. The van der Waals surface area contributed by atoms with Crippen molar-refractivity contribution in [3.05, 3.63) is 28.7 Å². The number of hydrogen-bond acceptors (Lipinski definition) is 6. The summed E-state index contributed by atoms with van der Waals surface area (Å²) in [6.45, 7) is 1.42. The van der Waals surface area contributed by atoms with E-state index in [1.54, 1.807) is 4.68 Å². The van der Waals surface area contributed by atoms with Crippen molar-refractivity contribution >= 4 is 39.3 Å². The average Bonchev–Trinajstić information content (AvgIpc) is 3.20. The molecule has 0 saturated carbocycles. The number of benzene rings is 1. The van der Waals surface area contributed by atoms with Crippen LogP contribution in [0.2, 0.25) is 0 Å². The summed E-state index contributed by atoms with van der Waals surface area (Å²) >= 11 is 4.72. The minimum atomic E-state index is -0.103. The Balaban J connectivity index is 1.53. The maximum Gasteiger partial charge on any atom is 0.234 e. The maximum atomic E-state index is 12.1. The highest BCUT2D eigenvalue weighted by atomic mass is 79.9. The van der Waals surface area contributed by atoms with Crippen molar-refractivity contribution in [3.63, 3.8) is 0 Å². The molecular weight excluding hydrogens is 382 g/mol. The number of tetrazole rings is 1. The largest absolute Gasteiger partial charge is 0.376 e. The topological polar surface area (TPSA) is 81.9 Å². The third-order valence-electron chi connectivity index (χ3n) is 3.38. The molecule has 3 rings (SSSR count). The van der Waals surface area contributed by atoms with E-state index in [2.05, 4.69) is 36.8 Å². The number of hydrogen-bond donors (Lipinski definition) is 1. The van der Waals surface area contributed by atoms with Gasteiger partial charge in [0.1, 0.15) is 0 Å². The van der Waals surface area contributed by atoms with Crippen molar-refractivity contribution in [2.45, 2.75) is 30.6 Å². The summed E-state index contributed by atoms with van der Waals surface area (Å²) in [5, 5.41) is 15.1. The number of halogens is 1. The number of carbonyl (C=O) groups excluding carboxylic acids is 1. The monoisotopic (exact) mass is 397 g/mol. The Hall–Kier alpha value is -1.45. The van der Waals surface area contributed by atoms with Crippen molar-refractivity contribution in [1.82, 2.24) is 20.2 Å². The number of para-hydroxylation sites is 1. The number of nitrogens with one attached hydrogen (secondary N) is 1. The Labute approximate surface area is 146 Å². The first-order valence-corrected chi connectivity index (χ1v) is 9.05. The molecule has 1 aromatic carbocycles. The van der Waals surface area contributed by atoms with E-state index < -0.39 is 0 Å². The molecule has 0 bridgehead atoms. The first-order chi connectivity index (χ1) is 11.2. The smallest absolute Gasteiger partial charge is 0.234 e. The lowest BCUT2D eigenvalue weighted by Crippen LogP contribution is -2.18. The first kappa shape index (κ1) is 16.4. The second-order valence-corrected chi connectivity index (χ2v) is 6.89. The van der Waals surface area contributed by atoms with Gasteiger partial charge in [-0.1, -0.05) is 23.9 Å². The van der Waals surface area contributed by atoms with Crippen molar-refractivity contribution in [3.8, 4) is 0 Å². The molecule has 23 heavy (non-hydrogen) atoms. The van der Waals surface area contributed by atoms with E-state index in [4.69, 9.17) is 4.74 Å². The first-order valence-electron chi connectivity index (χ1n) is 7.27. The Morgan fingerprint density at radius 2 is 2.35 bits per heavy atom. The molecule has 1 N–H and O–H groups in total. The van der Waals surface area contributed by atoms with Gasteiger partial charge in [-0.2, -0.15) is 0 Å². The third-order valence-corrected chi connectivity index (χ3v) is 5.03. The van der Waals surface area contributed by atoms with Crippen LogP contribution >= 0.6 is 27.7 Å². The molecule has 1 aromatic heterocycles. The van der Waals surface area contributed by atoms with Gasteiger partial charge < -0.3 is 10.1 Å². The minimum Gasteiger partial charge on any atom is -0.376 e. The van der Waals surface area contributed by atoms with Gasteiger partial charge in [0.25, 0.3) is 0 Å². The number of carbonyl (C=O) groups is 1. The minimum absolute atomic E-state index is 0.103. The van der Waals surface area contributed by atoms with Gasteiger partial charge in [0.2, 0.25) is 11.1 Å². The summed E-state index contributed by atoms with van der Waals surface area (Å²) in [6.07, 6.45) is 2.25. The van der Waals surface area contributed by atoms with E-state index in [1.807, 2.05) is 24.3 Å². The Kier molecular flexibility index (Phi) is 5.63. The summed E-state index contributed by atoms with van der Waals surface area (Å²) in [7, 11) is 0. The van der Waals surface area contributed by atoms with E-state index in [9.17, 15) is 4.79 Å². The molecular formula is C14H16BrN5O2S. The number of ether oxygens (including phenoxy) is 1. The van der Waals surface area contributed by atoms with Crippen LogP contribution in [0.3, 0.4) is 0 Å². The molecule has 1 fully saturated rings. The summed E-state index contributed by atoms with van der Waals surface area (Å²) in [5.74, 6) is 0.140. The van der Waals surface area contributed by atoms with Gasteiger partial charge in [-0.05, 0) is 51.3 Å². The van der Waals surface area contributed by atoms with Crippen molar-refractivity contribution in [2.75, 3.05) is 17.7 Å². The normalized spacial score (nSPS) is 17.3. The van der Waals surface area contributed by atoms with Crippen LogP contribution in [0.25, 0.3) is 0 Å². The fourth-order valence-electron chi connectivity index (χ4n) is 2.27. The predicted molar refractivity (Wildman–Crippen MR) is 90.3 cm³/mol. The maximum absolute atomic E-state index is 12.1. The van der Waals surface area contributed by atoms with Crippen molar-refractivity contribution in [1.29, 1.82) is 0 Å². The molecule has 1 saturated heterocycles. The molecule has 0 aliphatic carbocycles. The van der Waals surface area contributed by atoms with Gasteiger partial charge in [0.15, 0.2) is 0 Å². The molecule has 1 amide bonds. The summed E-state index contributed by atoms with van der Waals surface area (Å²) < 4.78 is 8.14. The zero-order chi connectivity index (χ0) is 16.1. The van der Waals surface area contributed by atoms with E-state index in [0.29, 0.717) is 11.7 Å². The van der Waals surface area contributed by atoms with Crippen LogP contribution in [0.4, 0.5) is 5.69 Å².